The van der Waals surface area contributed by atoms with Gasteiger partial charge in [0.1, 0.15) is 5.54 Å². The van der Waals surface area contributed by atoms with E-state index in [2.05, 4.69) is 22.3 Å². The molecule has 1 amide bonds. The number of rotatable bonds is 4. The van der Waals surface area contributed by atoms with E-state index in [-0.39, 0.29) is 17.2 Å². The molecule has 0 aromatic heterocycles. The van der Waals surface area contributed by atoms with Gasteiger partial charge in [0.05, 0.1) is 0 Å². The number of amidine groups is 1. The summed E-state index contributed by atoms with van der Waals surface area (Å²) < 4.78 is 0. The SMILES string of the molecule is CCC1(C(=O)NC2(C(N)=NO)CCN(C)CC2)CCCC1. The number of hydrogen-bond acceptors (Lipinski definition) is 4. The Bertz CT molecular complexity index is 408. The van der Waals surface area contributed by atoms with Crippen LogP contribution < -0.4 is 11.1 Å². The van der Waals surface area contributed by atoms with Crippen LogP contribution in [0.2, 0.25) is 0 Å². The molecule has 1 saturated heterocycles. The van der Waals surface area contributed by atoms with Crippen LogP contribution in [0.25, 0.3) is 0 Å². The third-order valence-electron chi connectivity index (χ3n) is 5.51. The zero-order valence-corrected chi connectivity index (χ0v) is 13.2. The van der Waals surface area contributed by atoms with Gasteiger partial charge in [-0.25, -0.2) is 0 Å². The smallest absolute Gasteiger partial charge is 0.227 e. The quantitative estimate of drug-likeness (QED) is 0.315. The van der Waals surface area contributed by atoms with Gasteiger partial charge in [-0.3, -0.25) is 4.79 Å². The van der Waals surface area contributed by atoms with E-state index in [9.17, 15) is 4.79 Å². The first kappa shape index (κ1) is 16.1. The van der Waals surface area contributed by atoms with Gasteiger partial charge >= 0.3 is 0 Å². The summed E-state index contributed by atoms with van der Waals surface area (Å²) >= 11 is 0. The van der Waals surface area contributed by atoms with E-state index < -0.39 is 5.54 Å². The minimum absolute atomic E-state index is 0.0821. The molecule has 6 heteroatoms. The van der Waals surface area contributed by atoms with Gasteiger partial charge < -0.3 is 21.2 Å². The Morgan fingerprint density at radius 2 is 1.86 bits per heavy atom. The van der Waals surface area contributed by atoms with Crippen LogP contribution in [0.15, 0.2) is 5.16 Å². The van der Waals surface area contributed by atoms with E-state index in [1.807, 2.05) is 7.05 Å². The third-order valence-corrected chi connectivity index (χ3v) is 5.51. The number of likely N-dealkylation sites (tertiary alicyclic amines) is 1. The van der Waals surface area contributed by atoms with Gasteiger partial charge in [0.2, 0.25) is 5.91 Å². The van der Waals surface area contributed by atoms with Crippen LogP contribution in [0.4, 0.5) is 0 Å². The van der Waals surface area contributed by atoms with Crippen molar-refractivity contribution in [2.45, 2.75) is 57.4 Å². The summed E-state index contributed by atoms with van der Waals surface area (Å²) in [5, 5.41) is 15.5. The van der Waals surface area contributed by atoms with E-state index in [4.69, 9.17) is 10.9 Å². The van der Waals surface area contributed by atoms with Gasteiger partial charge in [0.15, 0.2) is 5.84 Å². The average molecular weight is 296 g/mol. The third kappa shape index (κ3) is 3.00. The number of nitrogens with zero attached hydrogens (tertiary/aromatic N) is 2. The first-order valence-electron chi connectivity index (χ1n) is 7.97. The lowest BCUT2D eigenvalue weighted by Gasteiger charge is -2.42. The fourth-order valence-corrected chi connectivity index (χ4v) is 3.68. The van der Waals surface area contributed by atoms with Crippen molar-refractivity contribution in [2.75, 3.05) is 20.1 Å². The van der Waals surface area contributed by atoms with Crippen LogP contribution in [0, 0.1) is 5.41 Å². The van der Waals surface area contributed by atoms with Crippen LogP contribution in [-0.4, -0.2) is 47.5 Å². The number of carbonyl (C=O) groups excluding carboxylic acids is 1. The highest BCUT2D eigenvalue weighted by Crippen LogP contribution is 2.42. The van der Waals surface area contributed by atoms with E-state index >= 15 is 0 Å². The number of piperidine rings is 1. The van der Waals surface area contributed by atoms with E-state index in [1.165, 1.54) is 0 Å². The maximum absolute atomic E-state index is 12.9. The molecule has 6 nitrogen and oxygen atoms in total. The molecule has 1 aliphatic heterocycles. The van der Waals surface area contributed by atoms with Crippen molar-refractivity contribution in [1.82, 2.24) is 10.2 Å². The number of hydrogen-bond donors (Lipinski definition) is 3. The van der Waals surface area contributed by atoms with Crippen LogP contribution in [0.1, 0.15) is 51.9 Å². The zero-order chi connectivity index (χ0) is 15.5. The van der Waals surface area contributed by atoms with Crippen molar-refractivity contribution in [2.24, 2.45) is 16.3 Å². The molecule has 0 spiro atoms. The molecule has 0 aromatic carbocycles. The second kappa shape index (κ2) is 6.22. The molecule has 0 radical (unpaired) electrons. The number of carbonyl (C=O) groups is 1. The summed E-state index contributed by atoms with van der Waals surface area (Å²) in [6, 6.07) is 0. The Kier molecular flexibility index (Phi) is 4.76. The summed E-state index contributed by atoms with van der Waals surface area (Å²) in [6.07, 6.45) is 6.34. The number of amides is 1. The first-order valence-corrected chi connectivity index (χ1v) is 7.97. The highest BCUT2D eigenvalue weighted by Gasteiger charge is 2.46. The lowest BCUT2D eigenvalue weighted by molar-refractivity contribution is -0.132. The van der Waals surface area contributed by atoms with Gasteiger partial charge in [0, 0.05) is 18.5 Å². The fourth-order valence-electron chi connectivity index (χ4n) is 3.68. The van der Waals surface area contributed by atoms with Crippen LogP contribution >= 0.6 is 0 Å². The summed E-state index contributed by atoms with van der Waals surface area (Å²) in [5.41, 5.74) is 4.98. The second-order valence-electron chi connectivity index (χ2n) is 6.67. The monoisotopic (exact) mass is 296 g/mol. The van der Waals surface area contributed by atoms with Gasteiger partial charge in [-0.2, -0.15) is 0 Å². The maximum atomic E-state index is 12.9. The van der Waals surface area contributed by atoms with E-state index in [0.717, 1.165) is 45.2 Å². The number of nitrogens with one attached hydrogen (secondary N) is 1. The normalized spacial score (nSPS) is 25.7. The largest absolute Gasteiger partial charge is 0.409 e. The molecule has 1 heterocycles. The molecule has 0 atom stereocenters. The number of nitrogens with two attached hydrogens (primary N) is 1. The molecule has 1 saturated carbocycles. The number of oxime groups is 1. The minimum atomic E-state index is -0.691. The van der Waals surface area contributed by atoms with Gasteiger partial charge in [-0.05, 0) is 39.2 Å². The van der Waals surface area contributed by atoms with E-state index in [1.54, 1.807) is 0 Å². The standard InChI is InChI=1S/C15H28N4O2/c1-3-14(6-4-5-7-14)13(20)17-15(12(16)18-21)8-10-19(2)11-9-15/h21H,3-11H2,1-2H3,(H2,16,18)(H,17,20). The van der Waals surface area contributed by atoms with Crippen molar-refractivity contribution in [1.29, 1.82) is 0 Å². The maximum Gasteiger partial charge on any atom is 0.227 e. The fraction of sp³-hybridized carbons (Fsp3) is 0.867. The summed E-state index contributed by atoms with van der Waals surface area (Å²) in [6.45, 7) is 3.74. The molecule has 120 valence electrons. The Balaban J connectivity index is 2.17. The molecule has 2 fully saturated rings. The Morgan fingerprint density at radius 1 is 1.29 bits per heavy atom. The van der Waals surface area contributed by atoms with Gasteiger partial charge in [-0.1, -0.05) is 24.9 Å². The molecule has 0 aromatic rings. The predicted octanol–water partition coefficient (Wildman–Crippen LogP) is 1.28. The molecule has 0 unspecified atom stereocenters. The Hall–Kier alpha value is -1.30. The molecule has 1 aliphatic carbocycles. The topological polar surface area (TPSA) is 91.0 Å². The Labute approximate surface area is 126 Å². The first-order chi connectivity index (χ1) is 9.98. The minimum Gasteiger partial charge on any atom is -0.409 e. The second-order valence-corrected chi connectivity index (χ2v) is 6.67. The molecule has 2 rings (SSSR count). The lowest BCUT2D eigenvalue weighted by Crippen LogP contribution is -2.64. The predicted molar refractivity (Wildman–Crippen MR) is 82.2 cm³/mol. The van der Waals surface area contributed by atoms with Crippen molar-refractivity contribution < 1.29 is 10.0 Å². The van der Waals surface area contributed by atoms with E-state index in [0.29, 0.717) is 12.8 Å². The Morgan fingerprint density at radius 3 is 2.33 bits per heavy atom. The van der Waals surface area contributed by atoms with Crippen LogP contribution in [-0.2, 0) is 4.79 Å². The van der Waals surface area contributed by atoms with Crippen LogP contribution in [0.3, 0.4) is 0 Å². The summed E-state index contributed by atoms with van der Waals surface area (Å²) in [4.78, 5) is 15.1. The summed E-state index contributed by atoms with van der Waals surface area (Å²) in [5.74, 6) is 0.215. The molecular formula is C15H28N4O2. The van der Waals surface area contributed by atoms with Gasteiger partial charge in [0.25, 0.3) is 0 Å². The van der Waals surface area contributed by atoms with Crippen molar-refractivity contribution >= 4 is 11.7 Å². The average Bonchev–Trinajstić information content (AvgIpc) is 2.99. The highest BCUT2D eigenvalue weighted by molar-refractivity contribution is 5.95. The highest BCUT2D eigenvalue weighted by atomic mass is 16.4. The molecule has 21 heavy (non-hydrogen) atoms. The molecular weight excluding hydrogens is 268 g/mol. The molecule has 4 N–H and O–H groups in total. The van der Waals surface area contributed by atoms with Crippen LogP contribution in [0.5, 0.6) is 0 Å². The molecule has 0 bridgehead atoms. The van der Waals surface area contributed by atoms with Crippen molar-refractivity contribution in [3.63, 3.8) is 0 Å². The zero-order valence-electron chi connectivity index (χ0n) is 13.2. The van der Waals surface area contributed by atoms with Crippen molar-refractivity contribution in [3.8, 4) is 0 Å². The van der Waals surface area contributed by atoms with Gasteiger partial charge in [-0.15, -0.1) is 0 Å². The van der Waals surface area contributed by atoms with Crippen molar-refractivity contribution in [3.05, 3.63) is 0 Å². The lowest BCUT2D eigenvalue weighted by atomic mass is 9.79. The molecule has 2 aliphatic rings. The summed E-state index contributed by atoms with van der Waals surface area (Å²) in [7, 11) is 2.04.